The number of carbonyl (C=O) groups excluding carboxylic acids is 1. The molecular formula is C12H14FNO4S. The van der Waals surface area contributed by atoms with Crippen LogP contribution in [0, 0.1) is 5.82 Å². The minimum Gasteiger partial charge on any atom is -0.508 e. The van der Waals surface area contributed by atoms with Gasteiger partial charge < -0.3 is 15.5 Å². The Balaban J connectivity index is 2.78. The molecule has 0 aliphatic rings. The van der Waals surface area contributed by atoms with Gasteiger partial charge in [-0.3, -0.25) is 4.79 Å². The summed E-state index contributed by atoms with van der Waals surface area (Å²) < 4.78 is 13.4. The number of rotatable bonds is 6. The monoisotopic (exact) mass is 287 g/mol. The maximum absolute atomic E-state index is 13.4. The number of carboxylic acids is 1. The van der Waals surface area contributed by atoms with Gasteiger partial charge in [0.05, 0.1) is 5.56 Å². The molecule has 3 N–H and O–H groups in total. The van der Waals surface area contributed by atoms with Crippen molar-refractivity contribution < 1.29 is 24.2 Å². The third-order valence-electron chi connectivity index (χ3n) is 2.41. The molecule has 0 heterocycles. The molecule has 104 valence electrons. The van der Waals surface area contributed by atoms with Crippen LogP contribution < -0.4 is 5.32 Å². The predicted molar refractivity (Wildman–Crippen MR) is 70.0 cm³/mol. The molecule has 0 aromatic heterocycles. The first-order valence-electron chi connectivity index (χ1n) is 5.46. The molecule has 1 aromatic carbocycles. The van der Waals surface area contributed by atoms with E-state index in [0.29, 0.717) is 5.75 Å². The highest BCUT2D eigenvalue weighted by molar-refractivity contribution is 7.98. The number of aromatic hydroxyl groups is 1. The van der Waals surface area contributed by atoms with Crippen molar-refractivity contribution in [1.82, 2.24) is 5.32 Å². The van der Waals surface area contributed by atoms with Crippen LogP contribution in [0.5, 0.6) is 5.75 Å². The summed E-state index contributed by atoms with van der Waals surface area (Å²) in [6.45, 7) is 0. The zero-order valence-electron chi connectivity index (χ0n) is 10.2. The maximum Gasteiger partial charge on any atom is 0.326 e. The zero-order chi connectivity index (χ0) is 14.4. The number of amides is 1. The number of aliphatic carboxylic acids is 1. The number of carboxylic acid groups (broad SMARTS) is 1. The number of nitrogens with one attached hydrogen (secondary N) is 1. The summed E-state index contributed by atoms with van der Waals surface area (Å²) in [6, 6.07) is 2.00. The van der Waals surface area contributed by atoms with Gasteiger partial charge >= 0.3 is 5.97 Å². The molecule has 0 spiro atoms. The first kappa shape index (κ1) is 15.3. The standard InChI is InChI=1S/C12H14FNO4S/c1-19-5-4-10(12(17)18)14-11(16)8-3-2-7(15)6-9(8)13/h2-3,6,10,15H,4-5H2,1H3,(H,14,16)(H,17,18)/t10-/m0/s1. The minimum absolute atomic E-state index is 0.252. The van der Waals surface area contributed by atoms with Gasteiger partial charge in [-0.15, -0.1) is 0 Å². The summed E-state index contributed by atoms with van der Waals surface area (Å²) in [5, 5.41) is 20.2. The molecule has 19 heavy (non-hydrogen) atoms. The number of hydrogen-bond acceptors (Lipinski definition) is 4. The fourth-order valence-electron chi connectivity index (χ4n) is 1.42. The number of halogens is 1. The van der Waals surface area contributed by atoms with E-state index in [1.165, 1.54) is 11.8 Å². The summed E-state index contributed by atoms with van der Waals surface area (Å²) in [5.41, 5.74) is -0.298. The summed E-state index contributed by atoms with van der Waals surface area (Å²) in [7, 11) is 0. The van der Waals surface area contributed by atoms with Crippen LogP contribution >= 0.6 is 11.8 Å². The van der Waals surface area contributed by atoms with E-state index in [2.05, 4.69) is 5.32 Å². The van der Waals surface area contributed by atoms with Crippen LogP contribution in [0.1, 0.15) is 16.8 Å². The smallest absolute Gasteiger partial charge is 0.326 e. The van der Waals surface area contributed by atoms with E-state index in [1.54, 1.807) is 0 Å². The van der Waals surface area contributed by atoms with Crippen molar-refractivity contribution in [3.63, 3.8) is 0 Å². The Kier molecular flexibility index (Phi) is 5.62. The molecule has 0 aliphatic carbocycles. The van der Waals surface area contributed by atoms with Crippen molar-refractivity contribution in [2.45, 2.75) is 12.5 Å². The molecule has 0 radical (unpaired) electrons. The molecule has 1 atom stereocenters. The molecule has 5 nitrogen and oxygen atoms in total. The van der Waals surface area contributed by atoms with Gasteiger partial charge in [-0.05, 0) is 30.6 Å². The Morgan fingerprint density at radius 3 is 2.68 bits per heavy atom. The molecule has 7 heteroatoms. The number of hydrogen-bond donors (Lipinski definition) is 3. The molecule has 0 aliphatic heterocycles. The molecule has 0 bridgehead atoms. The van der Waals surface area contributed by atoms with E-state index in [-0.39, 0.29) is 17.7 Å². The topological polar surface area (TPSA) is 86.6 Å². The molecule has 1 aromatic rings. The quantitative estimate of drug-likeness (QED) is 0.737. The van der Waals surface area contributed by atoms with Crippen molar-refractivity contribution >= 4 is 23.6 Å². The van der Waals surface area contributed by atoms with Crippen molar-refractivity contribution in [2.24, 2.45) is 0 Å². The van der Waals surface area contributed by atoms with Crippen LogP contribution in [0.25, 0.3) is 0 Å². The molecule has 1 amide bonds. The normalized spacial score (nSPS) is 11.9. The van der Waals surface area contributed by atoms with Gasteiger partial charge in [0, 0.05) is 6.07 Å². The molecule has 0 fully saturated rings. The maximum atomic E-state index is 13.4. The van der Waals surface area contributed by atoms with Crippen molar-refractivity contribution in [2.75, 3.05) is 12.0 Å². The summed E-state index contributed by atoms with van der Waals surface area (Å²) >= 11 is 1.45. The average Bonchev–Trinajstić information content (AvgIpc) is 2.33. The number of thioether (sulfide) groups is 1. The van der Waals surface area contributed by atoms with Crippen LogP contribution in [0.2, 0.25) is 0 Å². The Hall–Kier alpha value is -1.76. The van der Waals surface area contributed by atoms with Gasteiger partial charge in [0.15, 0.2) is 0 Å². The van der Waals surface area contributed by atoms with Crippen LogP contribution in [0.15, 0.2) is 18.2 Å². The molecule has 0 unspecified atom stereocenters. The lowest BCUT2D eigenvalue weighted by molar-refractivity contribution is -0.139. The summed E-state index contributed by atoms with van der Waals surface area (Å²) in [5.74, 6) is -2.61. The first-order valence-corrected chi connectivity index (χ1v) is 6.86. The SMILES string of the molecule is CSCC[C@H](NC(=O)c1ccc(O)cc1F)C(=O)O. The highest BCUT2D eigenvalue weighted by Gasteiger charge is 2.21. The van der Waals surface area contributed by atoms with Crippen molar-refractivity contribution in [3.8, 4) is 5.75 Å². The van der Waals surface area contributed by atoms with E-state index in [1.807, 2.05) is 6.26 Å². The molecule has 0 saturated heterocycles. The Bertz CT molecular complexity index is 481. The summed E-state index contributed by atoms with van der Waals surface area (Å²) in [6.07, 6.45) is 2.07. The zero-order valence-corrected chi connectivity index (χ0v) is 11.0. The fraction of sp³-hybridized carbons (Fsp3) is 0.333. The van der Waals surface area contributed by atoms with Gasteiger partial charge in [-0.1, -0.05) is 0 Å². The van der Waals surface area contributed by atoms with Crippen LogP contribution in [-0.4, -0.2) is 40.1 Å². The number of phenolic OH excluding ortho intramolecular Hbond substituents is 1. The number of carbonyl (C=O) groups is 2. The molecule has 1 rings (SSSR count). The lowest BCUT2D eigenvalue weighted by Gasteiger charge is -2.14. The van der Waals surface area contributed by atoms with Gasteiger partial charge in [0.1, 0.15) is 17.6 Å². The third kappa shape index (κ3) is 4.44. The van der Waals surface area contributed by atoms with E-state index >= 15 is 0 Å². The highest BCUT2D eigenvalue weighted by atomic mass is 32.2. The van der Waals surface area contributed by atoms with Gasteiger partial charge in [-0.2, -0.15) is 11.8 Å². The van der Waals surface area contributed by atoms with E-state index in [9.17, 15) is 14.0 Å². The van der Waals surface area contributed by atoms with Crippen LogP contribution in [-0.2, 0) is 4.79 Å². The van der Waals surface area contributed by atoms with Gasteiger partial charge in [0.25, 0.3) is 5.91 Å². The number of benzene rings is 1. The van der Waals surface area contributed by atoms with Crippen LogP contribution in [0.4, 0.5) is 4.39 Å². The van der Waals surface area contributed by atoms with Crippen LogP contribution in [0.3, 0.4) is 0 Å². The Morgan fingerprint density at radius 2 is 2.16 bits per heavy atom. The lowest BCUT2D eigenvalue weighted by atomic mass is 10.1. The first-order chi connectivity index (χ1) is 8.95. The Morgan fingerprint density at radius 1 is 1.47 bits per heavy atom. The van der Waals surface area contributed by atoms with E-state index < -0.39 is 23.7 Å². The predicted octanol–water partition coefficient (Wildman–Crippen LogP) is 1.47. The van der Waals surface area contributed by atoms with E-state index in [0.717, 1.165) is 18.2 Å². The Labute approximate surface area is 113 Å². The second-order valence-corrected chi connectivity index (χ2v) is 4.80. The number of phenols is 1. The third-order valence-corrected chi connectivity index (χ3v) is 3.06. The van der Waals surface area contributed by atoms with Crippen molar-refractivity contribution in [1.29, 1.82) is 0 Å². The second kappa shape index (κ2) is 6.98. The minimum atomic E-state index is -1.17. The second-order valence-electron chi connectivity index (χ2n) is 3.81. The average molecular weight is 287 g/mol. The van der Waals surface area contributed by atoms with Crippen molar-refractivity contribution in [3.05, 3.63) is 29.6 Å². The fourth-order valence-corrected chi connectivity index (χ4v) is 1.89. The largest absolute Gasteiger partial charge is 0.508 e. The lowest BCUT2D eigenvalue weighted by Crippen LogP contribution is -2.41. The highest BCUT2D eigenvalue weighted by Crippen LogP contribution is 2.15. The van der Waals surface area contributed by atoms with Gasteiger partial charge in [0.2, 0.25) is 0 Å². The summed E-state index contributed by atoms with van der Waals surface area (Å²) in [4.78, 5) is 22.7. The molecule has 0 saturated carbocycles. The van der Waals surface area contributed by atoms with E-state index in [4.69, 9.17) is 10.2 Å². The van der Waals surface area contributed by atoms with Gasteiger partial charge in [-0.25, -0.2) is 9.18 Å². The molecular weight excluding hydrogens is 273 g/mol.